The molecule has 0 atom stereocenters. The minimum absolute atomic E-state index is 0.0527. The SMILES string of the molecule is Cc1nc(S(=O)(=O)Nc2c(N)cnn2C)cn1C. The van der Waals surface area contributed by atoms with Crippen molar-refractivity contribution in [2.24, 2.45) is 14.1 Å². The first-order chi connectivity index (χ1) is 8.31. The fourth-order valence-electron chi connectivity index (χ4n) is 1.41. The molecular weight excluding hydrogens is 256 g/mol. The van der Waals surface area contributed by atoms with Crippen LogP contribution >= 0.6 is 0 Å². The number of nitrogens with two attached hydrogens (primary N) is 1. The van der Waals surface area contributed by atoms with Gasteiger partial charge < -0.3 is 10.3 Å². The van der Waals surface area contributed by atoms with Gasteiger partial charge in [-0.1, -0.05) is 0 Å². The average molecular weight is 270 g/mol. The van der Waals surface area contributed by atoms with E-state index in [4.69, 9.17) is 5.73 Å². The predicted molar refractivity (Wildman–Crippen MR) is 66.4 cm³/mol. The lowest BCUT2D eigenvalue weighted by Crippen LogP contribution is -2.16. The summed E-state index contributed by atoms with van der Waals surface area (Å²) in [7, 11) is -0.436. The monoisotopic (exact) mass is 270 g/mol. The van der Waals surface area contributed by atoms with Crippen molar-refractivity contribution < 1.29 is 8.42 Å². The molecule has 0 saturated heterocycles. The van der Waals surface area contributed by atoms with Crippen molar-refractivity contribution in [2.75, 3.05) is 10.5 Å². The summed E-state index contributed by atoms with van der Waals surface area (Å²) in [4.78, 5) is 3.96. The van der Waals surface area contributed by atoms with Gasteiger partial charge in [0.2, 0.25) is 0 Å². The van der Waals surface area contributed by atoms with Gasteiger partial charge in [-0.2, -0.15) is 13.5 Å². The molecule has 0 unspecified atom stereocenters. The Morgan fingerprint density at radius 2 is 2.06 bits per heavy atom. The molecule has 0 amide bonds. The summed E-state index contributed by atoms with van der Waals surface area (Å²) in [6.07, 6.45) is 2.81. The molecule has 8 nitrogen and oxygen atoms in total. The second kappa shape index (κ2) is 4.02. The number of rotatable bonds is 3. The molecule has 2 aromatic heterocycles. The maximum absolute atomic E-state index is 12.1. The molecule has 2 aromatic rings. The van der Waals surface area contributed by atoms with Gasteiger partial charge in [-0.15, -0.1) is 0 Å². The first-order valence-corrected chi connectivity index (χ1v) is 6.60. The van der Waals surface area contributed by atoms with E-state index in [9.17, 15) is 8.42 Å². The van der Waals surface area contributed by atoms with Crippen molar-refractivity contribution in [3.8, 4) is 0 Å². The molecule has 0 spiro atoms. The zero-order valence-electron chi connectivity index (χ0n) is 10.2. The molecule has 0 aromatic carbocycles. The van der Waals surface area contributed by atoms with Crippen LogP contribution in [0.3, 0.4) is 0 Å². The quantitative estimate of drug-likeness (QED) is 0.806. The zero-order valence-corrected chi connectivity index (χ0v) is 11.1. The molecular formula is C9H14N6O2S. The van der Waals surface area contributed by atoms with Crippen LogP contribution in [0.5, 0.6) is 0 Å². The highest BCUT2D eigenvalue weighted by Crippen LogP contribution is 2.20. The Morgan fingerprint density at radius 1 is 1.39 bits per heavy atom. The Hall–Kier alpha value is -2.03. The van der Waals surface area contributed by atoms with Gasteiger partial charge in [-0.05, 0) is 6.92 Å². The Labute approximate surface area is 104 Å². The van der Waals surface area contributed by atoms with E-state index in [0.717, 1.165) is 0 Å². The fraction of sp³-hybridized carbons (Fsp3) is 0.333. The van der Waals surface area contributed by atoms with Crippen LogP contribution in [-0.2, 0) is 24.1 Å². The molecule has 2 rings (SSSR count). The number of aromatic nitrogens is 4. The largest absolute Gasteiger partial charge is 0.394 e. The topological polar surface area (TPSA) is 108 Å². The highest BCUT2D eigenvalue weighted by atomic mass is 32.2. The van der Waals surface area contributed by atoms with E-state index in [2.05, 4.69) is 14.8 Å². The van der Waals surface area contributed by atoms with E-state index in [1.807, 2.05) is 0 Å². The van der Waals surface area contributed by atoms with Crippen LogP contribution in [0.15, 0.2) is 17.4 Å². The minimum Gasteiger partial charge on any atom is -0.394 e. The molecule has 0 bridgehead atoms. The summed E-state index contributed by atoms with van der Waals surface area (Å²) in [6, 6.07) is 0. The Kier molecular flexibility index (Phi) is 2.77. The fourth-order valence-corrected chi connectivity index (χ4v) is 2.57. The number of hydrogen-bond acceptors (Lipinski definition) is 5. The zero-order chi connectivity index (χ0) is 13.5. The van der Waals surface area contributed by atoms with Crippen LogP contribution in [0.1, 0.15) is 5.82 Å². The van der Waals surface area contributed by atoms with Crippen LogP contribution in [0, 0.1) is 6.92 Å². The summed E-state index contributed by atoms with van der Waals surface area (Å²) >= 11 is 0. The highest BCUT2D eigenvalue weighted by Gasteiger charge is 2.21. The Balaban J connectivity index is 2.39. The van der Waals surface area contributed by atoms with Crippen molar-refractivity contribution in [1.82, 2.24) is 19.3 Å². The number of hydrogen-bond donors (Lipinski definition) is 2. The van der Waals surface area contributed by atoms with Gasteiger partial charge in [-0.25, -0.2) is 4.98 Å². The number of sulfonamides is 1. The van der Waals surface area contributed by atoms with Crippen LogP contribution < -0.4 is 10.5 Å². The van der Waals surface area contributed by atoms with Gasteiger partial charge in [0.25, 0.3) is 10.0 Å². The first-order valence-electron chi connectivity index (χ1n) is 5.11. The van der Waals surface area contributed by atoms with Crippen molar-refractivity contribution in [3.63, 3.8) is 0 Å². The summed E-state index contributed by atoms with van der Waals surface area (Å²) in [6.45, 7) is 1.72. The van der Waals surface area contributed by atoms with Crippen LogP contribution in [-0.4, -0.2) is 27.7 Å². The van der Waals surface area contributed by atoms with Crippen molar-refractivity contribution in [2.45, 2.75) is 11.9 Å². The molecule has 0 fully saturated rings. The number of aryl methyl sites for hydroxylation is 3. The molecule has 98 valence electrons. The van der Waals surface area contributed by atoms with Gasteiger partial charge in [0.15, 0.2) is 10.8 Å². The van der Waals surface area contributed by atoms with E-state index in [0.29, 0.717) is 5.82 Å². The standard InChI is InChI=1S/C9H14N6O2S/c1-6-12-8(5-14(6)2)18(16,17)13-9-7(10)4-11-15(9)3/h4-5,13H,10H2,1-3H3. The van der Waals surface area contributed by atoms with E-state index < -0.39 is 10.0 Å². The van der Waals surface area contributed by atoms with Gasteiger partial charge in [0, 0.05) is 20.3 Å². The molecule has 2 heterocycles. The lowest BCUT2D eigenvalue weighted by atomic mass is 10.5. The summed E-state index contributed by atoms with van der Waals surface area (Å²) < 4.78 is 29.5. The molecule has 0 aliphatic heterocycles. The Bertz CT molecular complexity index is 645. The number of anilines is 2. The van der Waals surface area contributed by atoms with Crippen LogP contribution in [0.4, 0.5) is 11.5 Å². The smallest absolute Gasteiger partial charge is 0.282 e. The van der Waals surface area contributed by atoms with Gasteiger partial charge >= 0.3 is 0 Å². The van der Waals surface area contributed by atoms with Crippen molar-refractivity contribution >= 4 is 21.5 Å². The molecule has 18 heavy (non-hydrogen) atoms. The number of nitrogens with zero attached hydrogens (tertiary/aromatic N) is 4. The van der Waals surface area contributed by atoms with Gasteiger partial charge in [-0.3, -0.25) is 9.40 Å². The first kappa shape index (κ1) is 12.4. The second-order valence-electron chi connectivity index (χ2n) is 3.91. The van der Waals surface area contributed by atoms with Crippen LogP contribution in [0.25, 0.3) is 0 Å². The number of nitrogens with one attached hydrogen (secondary N) is 1. The molecule has 0 saturated carbocycles. The third-order valence-electron chi connectivity index (χ3n) is 2.56. The molecule has 0 radical (unpaired) electrons. The molecule has 0 aliphatic carbocycles. The highest BCUT2D eigenvalue weighted by molar-refractivity contribution is 7.92. The van der Waals surface area contributed by atoms with E-state index in [1.54, 1.807) is 25.6 Å². The lowest BCUT2D eigenvalue weighted by Gasteiger charge is -2.06. The number of nitrogen functional groups attached to an aromatic ring is 1. The summed E-state index contributed by atoms with van der Waals surface area (Å²) in [5, 5.41) is 3.80. The molecule has 3 N–H and O–H groups in total. The minimum atomic E-state index is -3.75. The number of imidazole rings is 1. The molecule has 0 aliphatic rings. The Morgan fingerprint density at radius 3 is 2.50 bits per heavy atom. The van der Waals surface area contributed by atoms with E-state index >= 15 is 0 Å². The maximum Gasteiger partial charge on any atom is 0.282 e. The van der Waals surface area contributed by atoms with Gasteiger partial charge in [0.05, 0.1) is 11.9 Å². The van der Waals surface area contributed by atoms with E-state index in [1.165, 1.54) is 17.1 Å². The third kappa shape index (κ3) is 2.04. The van der Waals surface area contributed by atoms with Crippen molar-refractivity contribution in [1.29, 1.82) is 0 Å². The summed E-state index contributed by atoms with van der Waals surface area (Å²) in [5.74, 6) is 0.826. The predicted octanol–water partition coefficient (Wildman–Crippen LogP) is -0.155. The summed E-state index contributed by atoms with van der Waals surface area (Å²) in [5.41, 5.74) is 5.88. The normalized spacial score (nSPS) is 11.7. The lowest BCUT2D eigenvalue weighted by molar-refractivity contribution is 0.597. The maximum atomic E-state index is 12.1. The third-order valence-corrected chi connectivity index (χ3v) is 3.77. The van der Waals surface area contributed by atoms with Gasteiger partial charge in [0.1, 0.15) is 5.82 Å². The van der Waals surface area contributed by atoms with E-state index in [-0.39, 0.29) is 16.5 Å². The molecule has 9 heteroatoms. The second-order valence-corrected chi connectivity index (χ2v) is 5.54. The van der Waals surface area contributed by atoms with Crippen molar-refractivity contribution in [3.05, 3.63) is 18.2 Å². The van der Waals surface area contributed by atoms with Crippen LogP contribution in [0.2, 0.25) is 0 Å². The average Bonchev–Trinajstić information content (AvgIpc) is 2.77.